The van der Waals surface area contributed by atoms with E-state index < -0.39 is 29.2 Å². The van der Waals surface area contributed by atoms with Gasteiger partial charge < -0.3 is 21.0 Å². The van der Waals surface area contributed by atoms with Crippen molar-refractivity contribution in [1.29, 1.82) is 0 Å². The quantitative estimate of drug-likeness (QED) is 0.247. The van der Waals surface area contributed by atoms with Gasteiger partial charge in [0.05, 0.1) is 0 Å². The van der Waals surface area contributed by atoms with Gasteiger partial charge in [-0.25, -0.2) is 4.79 Å². The van der Waals surface area contributed by atoms with Crippen LogP contribution in [-0.2, 0) is 19.2 Å². The summed E-state index contributed by atoms with van der Waals surface area (Å²) >= 11 is 3.51. The number of nitrogens with one attached hydrogen (secondary N) is 1. The number of hydrogen-bond donors (Lipinski definition) is 3. The van der Waals surface area contributed by atoms with E-state index in [9.17, 15) is 19.5 Å². The minimum absolute atomic E-state index is 0.0200. The summed E-state index contributed by atoms with van der Waals surface area (Å²) < 4.78 is 3.98. The van der Waals surface area contributed by atoms with Crippen molar-refractivity contribution in [3.05, 3.63) is 57.7 Å². The number of anilines is 1. The number of β-lactam (4-membered cyclic amide) rings is 1. The topological polar surface area (TPSA) is 160 Å². The van der Waals surface area contributed by atoms with E-state index in [4.69, 9.17) is 10.6 Å². The Morgan fingerprint density at radius 2 is 2.17 bits per heavy atom. The molecule has 2 aliphatic rings. The summed E-state index contributed by atoms with van der Waals surface area (Å²) in [5.41, 5.74) is 6.28. The molecule has 4 N–H and O–H groups in total. The minimum Gasteiger partial charge on any atom is -0.477 e. The van der Waals surface area contributed by atoms with Crippen LogP contribution >= 0.6 is 35.1 Å². The van der Waals surface area contributed by atoms with Gasteiger partial charge in [0, 0.05) is 22.2 Å². The highest BCUT2D eigenvalue weighted by Gasteiger charge is 2.54. The van der Waals surface area contributed by atoms with E-state index in [-0.39, 0.29) is 29.0 Å². The van der Waals surface area contributed by atoms with Crippen LogP contribution < -0.4 is 11.1 Å². The molecule has 0 spiro atoms. The lowest BCUT2D eigenvalue weighted by atomic mass is 10.0. The highest BCUT2D eigenvalue weighted by Crippen LogP contribution is 2.43. The van der Waals surface area contributed by atoms with Crippen LogP contribution in [0.25, 0.3) is 6.08 Å². The molecule has 1 saturated heterocycles. The third-order valence-corrected chi connectivity index (χ3v) is 7.75. The molecule has 11 nitrogen and oxygen atoms in total. The van der Waals surface area contributed by atoms with Gasteiger partial charge in [-0.05, 0) is 24.0 Å². The van der Waals surface area contributed by atoms with E-state index in [0.29, 0.717) is 10.7 Å². The highest BCUT2D eigenvalue weighted by molar-refractivity contribution is 8.08. The number of carboxylic acid groups (broad SMARTS) is 1. The Hall–Kier alpha value is -3.36. The number of nitrogens with two attached hydrogens (primary N) is 1. The number of hydrogen-bond acceptors (Lipinski definition) is 11. The molecule has 2 unspecified atom stereocenters. The lowest BCUT2D eigenvalue weighted by Crippen LogP contribution is -2.71. The Bertz CT molecular complexity index is 1230. The summed E-state index contributed by atoms with van der Waals surface area (Å²) in [5.74, 6) is -2.10. The van der Waals surface area contributed by atoms with Crippen LogP contribution in [0.2, 0.25) is 0 Å². The predicted octanol–water partition coefficient (Wildman–Crippen LogP) is 1.96. The van der Waals surface area contributed by atoms with Gasteiger partial charge in [0.25, 0.3) is 11.8 Å². The number of carbonyl (C=O) groups is 3. The summed E-state index contributed by atoms with van der Waals surface area (Å²) in [4.78, 5) is 48.5. The molecule has 4 rings (SSSR count). The summed E-state index contributed by atoms with van der Waals surface area (Å²) in [6.07, 6.45) is 1.87. The Morgan fingerprint density at radius 1 is 1.40 bits per heavy atom. The number of rotatable bonds is 9. The lowest BCUT2D eigenvalue weighted by molar-refractivity contribution is -0.150. The molecule has 3 heterocycles. The second kappa shape index (κ2) is 10.9. The molecule has 35 heavy (non-hydrogen) atoms. The largest absolute Gasteiger partial charge is 0.477 e. The van der Waals surface area contributed by atoms with Gasteiger partial charge in [-0.1, -0.05) is 47.2 Å². The Balaban J connectivity index is 1.49. The molecule has 0 bridgehead atoms. The zero-order valence-electron chi connectivity index (χ0n) is 18.3. The van der Waals surface area contributed by atoms with Gasteiger partial charge in [-0.2, -0.15) is 9.36 Å². The van der Waals surface area contributed by atoms with Gasteiger partial charge in [0.1, 0.15) is 23.7 Å². The first kappa shape index (κ1) is 24.8. The number of nitrogen functional groups attached to an aromatic ring is 1. The van der Waals surface area contributed by atoms with Crippen molar-refractivity contribution in [3.63, 3.8) is 0 Å². The van der Waals surface area contributed by atoms with Crippen LogP contribution in [0, 0.1) is 0 Å². The Morgan fingerprint density at radius 3 is 2.83 bits per heavy atom. The molecule has 2 aromatic rings. The van der Waals surface area contributed by atoms with E-state index in [0.717, 1.165) is 17.1 Å². The molecule has 0 aliphatic carbocycles. The average molecular weight is 533 g/mol. The van der Waals surface area contributed by atoms with Crippen molar-refractivity contribution in [2.75, 3.05) is 18.1 Å². The van der Waals surface area contributed by atoms with Crippen LogP contribution in [0.4, 0.5) is 5.13 Å². The van der Waals surface area contributed by atoms with Crippen molar-refractivity contribution in [1.82, 2.24) is 19.6 Å². The van der Waals surface area contributed by atoms with E-state index in [1.54, 1.807) is 12.3 Å². The fraction of sp³-hybridized carbons (Fsp3) is 0.238. The molecule has 2 amide bonds. The number of aromatic nitrogens is 2. The molecule has 1 aromatic heterocycles. The highest BCUT2D eigenvalue weighted by atomic mass is 32.2. The smallest absolute Gasteiger partial charge is 0.353 e. The SMILES string of the molecule is CCO/N=C(/C(=O)NC1C(=O)N2C(C(=O)O)=C(S/C=C\c3ccccc3)CSC12)c1nsc(N)n1. The maximum absolute atomic E-state index is 12.9. The monoisotopic (exact) mass is 532 g/mol. The number of fused-ring (bicyclic) bond motifs is 1. The van der Waals surface area contributed by atoms with Gasteiger partial charge in [-0.3, -0.25) is 14.5 Å². The minimum atomic E-state index is -1.20. The molecule has 1 aromatic carbocycles. The maximum Gasteiger partial charge on any atom is 0.353 e. The van der Waals surface area contributed by atoms with E-state index in [1.165, 1.54) is 28.4 Å². The molecule has 14 heteroatoms. The van der Waals surface area contributed by atoms with Gasteiger partial charge in [-0.15, -0.1) is 11.8 Å². The van der Waals surface area contributed by atoms with Crippen LogP contribution in [0.3, 0.4) is 0 Å². The number of carboxylic acids is 1. The fourth-order valence-corrected chi connectivity index (χ4v) is 6.09. The van der Waals surface area contributed by atoms with Crippen molar-refractivity contribution in [3.8, 4) is 0 Å². The zero-order valence-corrected chi connectivity index (χ0v) is 20.7. The summed E-state index contributed by atoms with van der Waals surface area (Å²) in [6, 6.07) is 8.65. The van der Waals surface area contributed by atoms with E-state index in [2.05, 4.69) is 19.8 Å². The number of nitrogens with zero attached hydrogens (tertiary/aromatic N) is 4. The zero-order chi connectivity index (χ0) is 24.9. The van der Waals surface area contributed by atoms with Crippen LogP contribution in [0.15, 0.2) is 51.5 Å². The molecule has 182 valence electrons. The fourth-order valence-electron chi connectivity index (χ4n) is 3.29. The molecule has 1 fully saturated rings. The maximum atomic E-state index is 12.9. The number of amides is 2. The molecule has 2 aliphatic heterocycles. The normalized spacial score (nSPS) is 20.0. The third-order valence-electron chi connectivity index (χ3n) is 4.85. The first-order valence-electron chi connectivity index (χ1n) is 10.3. The number of aliphatic carboxylic acids is 1. The molecule has 2 atom stereocenters. The van der Waals surface area contributed by atoms with Crippen molar-refractivity contribution in [2.45, 2.75) is 18.3 Å². The van der Waals surface area contributed by atoms with Gasteiger partial charge in [0.15, 0.2) is 5.13 Å². The Kier molecular flexibility index (Phi) is 7.73. The standard InChI is InChI=1S/C21H20N6O5S3/c1-2-32-25-13(16-24-21(22)35-26-16)17(28)23-14-18(29)27-15(20(30)31)12(10-34-19(14)27)33-9-8-11-6-4-3-5-7-11/h3-9,14,19H,2,10H2,1H3,(H,23,28)(H,30,31)(H2,22,24,26)/b9-8-,25-13+. The number of thioether (sulfide) groups is 2. The molecular weight excluding hydrogens is 512 g/mol. The average Bonchev–Trinajstić information content (AvgIpc) is 3.28. The van der Waals surface area contributed by atoms with E-state index >= 15 is 0 Å². The second-order valence-corrected chi connectivity index (χ2v) is 9.97. The lowest BCUT2D eigenvalue weighted by Gasteiger charge is -2.49. The van der Waals surface area contributed by atoms with Crippen LogP contribution in [0.1, 0.15) is 18.3 Å². The molecular formula is C21H20N6O5S3. The van der Waals surface area contributed by atoms with Crippen molar-refractivity contribution >= 4 is 69.8 Å². The first-order chi connectivity index (χ1) is 16.9. The van der Waals surface area contributed by atoms with Gasteiger partial charge in [0.2, 0.25) is 11.5 Å². The number of carbonyl (C=O) groups excluding carboxylic acids is 2. The number of benzene rings is 1. The molecule has 0 saturated carbocycles. The predicted molar refractivity (Wildman–Crippen MR) is 135 cm³/mol. The summed E-state index contributed by atoms with van der Waals surface area (Å²) in [7, 11) is 0. The third kappa shape index (κ3) is 5.33. The van der Waals surface area contributed by atoms with Crippen LogP contribution in [0.5, 0.6) is 0 Å². The van der Waals surface area contributed by atoms with Crippen molar-refractivity contribution in [2.24, 2.45) is 5.16 Å². The first-order valence-corrected chi connectivity index (χ1v) is 13.0. The van der Waals surface area contributed by atoms with Crippen molar-refractivity contribution < 1.29 is 24.3 Å². The second-order valence-electron chi connectivity index (χ2n) is 7.08. The summed E-state index contributed by atoms with van der Waals surface area (Å²) in [6.45, 7) is 1.90. The number of oxime groups is 1. The molecule has 0 radical (unpaired) electrons. The Labute approximate surface area is 212 Å². The van der Waals surface area contributed by atoms with Crippen LogP contribution in [-0.4, -0.2) is 66.6 Å². The summed E-state index contributed by atoms with van der Waals surface area (Å²) in [5, 5.41) is 17.6. The van der Waals surface area contributed by atoms with Gasteiger partial charge >= 0.3 is 5.97 Å². The van der Waals surface area contributed by atoms with E-state index in [1.807, 2.05) is 36.4 Å².